The molecule has 2 atom stereocenters. The van der Waals surface area contributed by atoms with Crippen LogP contribution in [-0.4, -0.2) is 35.3 Å². The van der Waals surface area contributed by atoms with Crippen molar-refractivity contribution in [3.63, 3.8) is 0 Å². The van der Waals surface area contributed by atoms with Gasteiger partial charge in [-0.3, -0.25) is 14.5 Å². The maximum atomic E-state index is 13.3. The fourth-order valence-electron chi connectivity index (χ4n) is 3.22. The SMILES string of the molecule is CCC1C(=O)N2CCCC2C(=O)N1c1ccc(F)cc1Br. The lowest BCUT2D eigenvalue weighted by molar-refractivity contribution is -0.144. The van der Waals surface area contributed by atoms with E-state index in [2.05, 4.69) is 15.9 Å². The van der Waals surface area contributed by atoms with Gasteiger partial charge < -0.3 is 4.90 Å². The molecule has 112 valence electrons. The van der Waals surface area contributed by atoms with Gasteiger partial charge in [-0.25, -0.2) is 4.39 Å². The summed E-state index contributed by atoms with van der Waals surface area (Å²) in [4.78, 5) is 28.6. The Morgan fingerprint density at radius 2 is 2.10 bits per heavy atom. The molecule has 2 fully saturated rings. The number of halogens is 2. The smallest absolute Gasteiger partial charge is 0.250 e. The fourth-order valence-corrected chi connectivity index (χ4v) is 3.77. The molecule has 6 heteroatoms. The highest BCUT2D eigenvalue weighted by Crippen LogP contribution is 2.35. The zero-order valence-electron chi connectivity index (χ0n) is 11.7. The number of fused-ring (bicyclic) bond motifs is 1. The van der Waals surface area contributed by atoms with E-state index in [1.54, 1.807) is 15.9 Å². The van der Waals surface area contributed by atoms with Crippen molar-refractivity contribution in [2.45, 2.75) is 38.3 Å². The van der Waals surface area contributed by atoms with Gasteiger partial charge in [0.05, 0.1) is 5.69 Å². The van der Waals surface area contributed by atoms with Crippen molar-refractivity contribution in [2.75, 3.05) is 11.4 Å². The Hall–Kier alpha value is -1.43. The monoisotopic (exact) mass is 354 g/mol. The Labute approximate surface area is 131 Å². The van der Waals surface area contributed by atoms with Crippen LogP contribution in [0.5, 0.6) is 0 Å². The van der Waals surface area contributed by atoms with Crippen LogP contribution in [0.2, 0.25) is 0 Å². The second-order valence-corrected chi connectivity index (χ2v) is 6.27. The second kappa shape index (κ2) is 5.40. The van der Waals surface area contributed by atoms with Crippen LogP contribution in [0.25, 0.3) is 0 Å². The van der Waals surface area contributed by atoms with Crippen molar-refractivity contribution >= 4 is 33.4 Å². The summed E-state index contributed by atoms with van der Waals surface area (Å²) in [5.74, 6) is -0.445. The highest BCUT2D eigenvalue weighted by molar-refractivity contribution is 9.10. The first-order valence-corrected chi connectivity index (χ1v) is 7.92. The average Bonchev–Trinajstić information content (AvgIpc) is 2.93. The number of piperazine rings is 1. The van der Waals surface area contributed by atoms with Crippen LogP contribution in [-0.2, 0) is 9.59 Å². The third kappa shape index (κ3) is 2.25. The van der Waals surface area contributed by atoms with Crippen molar-refractivity contribution in [1.29, 1.82) is 0 Å². The molecule has 2 heterocycles. The van der Waals surface area contributed by atoms with Crippen LogP contribution >= 0.6 is 15.9 Å². The molecular weight excluding hydrogens is 339 g/mol. The predicted octanol–water partition coefficient (Wildman–Crippen LogP) is 2.70. The van der Waals surface area contributed by atoms with Crippen molar-refractivity contribution in [1.82, 2.24) is 4.90 Å². The second-order valence-electron chi connectivity index (χ2n) is 5.42. The molecule has 2 saturated heterocycles. The van der Waals surface area contributed by atoms with E-state index >= 15 is 0 Å². The summed E-state index contributed by atoms with van der Waals surface area (Å²) in [6.45, 7) is 2.54. The number of nitrogens with zero attached hydrogens (tertiary/aromatic N) is 2. The van der Waals surface area contributed by atoms with Crippen LogP contribution in [0.3, 0.4) is 0 Å². The van der Waals surface area contributed by atoms with E-state index in [1.807, 2.05) is 6.92 Å². The first-order valence-electron chi connectivity index (χ1n) is 7.13. The zero-order chi connectivity index (χ0) is 15.1. The molecule has 4 nitrogen and oxygen atoms in total. The molecule has 3 rings (SSSR count). The number of carbonyl (C=O) groups is 2. The normalized spacial score (nSPS) is 25.5. The molecule has 0 aromatic heterocycles. The van der Waals surface area contributed by atoms with E-state index in [0.29, 0.717) is 29.5 Å². The topological polar surface area (TPSA) is 40.6 Å². The van der Waals surface area contributed by atoms with Crippen LogP contribution in [0, 0.1) is 5.82 Å². The van der Waals surface area contributed by atoms with E-state index in [-0.39, 0.29) is 23.7 Å². The molecule has 0 aliphatic carbocycles. The summed E-state index contributed by atoms with van der Waals surface area (Å²) in [7, 11) is 0. The van der Waals surface area contributed by atoms with Crippen molar-refractivity contribution < 1.29 is 14.0 Å². The van der Waals surface area contributed by atoms with E-state index in [0.717, 1.165) is 6.42 Å². The highest BCUT2D eigenvalue weighted by Gasteiger charge is 2.47. The Bertz CT molecular complexity index is 607. The Morgan fingerprint density at radius 3 is 2.76 bits per heavy atom. The van der Waals surface area contributed by atoms with E-state index < -0.39 is 6.04 Å². The summed E-state index contributed by atoms with van der Waals surface area (Å²) in [6, 6.07) is 3.32. The number of hydrogen-bond acceptors (Lipinski definition) is 2. The third-order valence-electron chi connectivity index (χ3n) is 4.21. The lowest BCUT2D eigenvalue weighted by Crippen LogP contribution is -2.63. The number of rotatable bonds is 2. The van der Waals surface area contributed by atoms with E-state index in [4.69, 9.17) is 0 Å². The highest BCUT2D eigenvalue weighted by atomic mass is 79.9. The van der Waals surface area contributed by atoms with Gasteiger partial charge in [0.1, 0.15) is 17.9 Å². The fraction of sp³-hybridized carbons (Fsp3) is 0.467. The first kappa shape index (κ1) is 14.5. The standard InChI is InChI=1S/C15H16BrFN2O2/c1-2-11-14(20)18-7-3-4-13(18)15(21)19(11)12-6-5-9(17)8-10(12)16/h5-6,8,11,13H,2-4,7H2,1H3. The molecule has 0 saturated carbocycles. The van der Waals surface area contributed by atoms with Crippen molar-refractivity contribution in [3.05, 3.63) is 28.5 Å². The molecule has 1 aromatic carbocycles. The van der Waals surface area contributed by atoms with Crippen molar-refractivity contribution in [2.24, 2.45) is 0 Å². The van der Waals surface area contributed by atoms with Gasteiger partial charge in [-0.05, 0) is 53.4 Å². The molecule has 21 heavy (non-hydrogen) atoms. The van der Waals surface area contributed by atoms with Crippen LogP contribution < -0.4 is 4.90 Å². The van der Waals surface area contributed by atoms with Gasteiger partial charge in [-0.15, -0.1) is 0 Å². The molecule has 0 spiro atoms. The maximum absolute atomic E-state index is 13.3. The molecule has 2 unspecified atom stereocenters. The number of benzene rings is 1. The van der Waals surface area contributed by atoms with Gasteiger partial charge >= 0.3 is 0 Å². The minimum atomic E-state index is -0.506. The Morgan fingerprint density at radius 1 is 1.33 bits per heavy atom. The average molecular weight is 355 g/mol. The first-order chi connectivity index (χ1) is 10.0. The zero-order valence-corrected chi connectivity index (χ0v) is 13.3. The van der Waals surface area contributed by atoms with Crippen molar-refractivity contribution in [3.8, 4) is 0 Å². The summed E-state index contributed by atoms with van der Waals surface area (Å²) in [5.41, 5.74) is 0.563. The molecular formula is C15H16BrFN2O2. The van der Waals surface area contributed by atoms with E-state index in [1.165, 1.54) is 12.1 Å². The van der Waals surface area contributed by atoms with Gasteiger partial charge in [0.15, 0.2) is 0 Å². The van der Waals surface area contributed by atoms with Gasteiger partial charge in [0.25, 0.3) is 5.91 Å². The molecule has 1 aromatic rings. The molecule has 2 aliphatic rings. The number of hydrogen-bond donors (Lipinski definition) is 0. The minimum absolute atomic E-state index is 0.00387. The van der Waals surface area contributed by atoms with Crippen LogP contribution in [0.4, 0.5) is 10.1 Å². The minimum Gasteiger partial charge on any atom is -0.329 e. The lowest BCUT2D eigenvalue weighted by atomic mass is 10.0. The summed E-state index contributed by atoms with van der Waals surface area (Å²) in [5, 5.41) is 0. The summed E-state index contributed by atoms with van der Waals surface area (Å²) in [6.07, 6.45) is 2.10. The summed E-state index contributed by atoms with van der Waals surface area (Å²) >= 11 is 3.30. The number of anilines is 1. The molecule has 0 bridgehead atoms. The number of amides is 2. The van der Waals surface area contributed by atoms with E-state index in [9.17, 15) is 14.0 Å². The molecule has 2 aliphatic heterocycles. The number of carbonyl (C=O) groups excluding carboxylic acids is 2. The Kier molecular flexibility index (Phi) is 3.73. The predicted molar refractivity (Wildman–Crippen MR) is 80.4 cm³/mol. The quantitative estimate of drug-likeness (QED) is 0.819. The third-order valence-corrected chi connectivity index (χ3v) is 4.85. The largest absolute Gasteiger partial charge is 0.329 e. The van der Waals surface area contributed by atoms with Gasteiger partial charge in [-0.1, -0.05) is 6.92 Å². The van der Waals surface area contributed by atoms with Crippen LogP contribution in [0.1, 0.15) is 26.2 Å². The molecule has 0 N–H and O–H groups in total. The summed E-state index contributed by atoms with van der Waals surface area (Å²) < 4.78 is 13.8. The molecule has 2 amide bonds. The molecule has 0 radical (unpaired) electrons. The van der Waals surface area contributed by atoms with Gasteiger partial charge in [0, 0.05) is 11.0 Å². The maximum Gasteiger partial charge on any atom is 0.250 e. The van der Waals surface area contributed by atoms with Gasteiger partial charge in [-0.2, -0.15) is 0 Å². The lowest BCUT2D eigenvalue weighted by Gasteiger charge is -2.42. The van der Waals surface area contributed by atoms with Gasteiger partial charge in [0.2, 0.25) is 5.91 Å². The Balaban J connectivity index is 2.05. The van der Waals surface area contributed by atoms with Crippen LogP contribution in [0.15, 0.2) is 22.7 Å².